The fraction of sp³-hybridized carbons (Fsp3) is 0.200. The zero-order chi connectivity index (χ0) is 18.1. The smallest absolute Gasteiger partial charge is 0.228 e. The van der Waals surface area contributed by atoms with Crippen molar-refractivity contribution in [1.82, 2.24) is 9.55 Å². The molecule has 0 spiro atoms. The Kier molecular flexibility index (Phi) is 4.18. The maximum absolute atomic E-state index is 9.82. The average molecular weight is 349 g/mol. The quantitative estimate of drug-likeness (QED) is 0.528. The van der Waals surface area contributed by atoms with Gasteiger partial charge in [0.1, 0.15) is 23.3 Å². The van der Waals surface area contributed by atoms with Crippen molar-refractivity contribution in [1.29, 1.82) is 5.41 Å². The summed E-state index contributed by atoms with van der Waals surface area (Å²) in [6, 6.07) is 14.9. The Morgan fingerprint density at radius 1 is 1.15 bits per heavy atom. The molecular formula is C20H19N3O3. The lowest BCUT2D eigenvalue weighted by Crippen LogP contribution is -2.30. The van der Waals surface area contributed by atoms with E-state index in [1.165, 1.54) is 0 Å². The largest absolute Gasteiger partial charge is 0.508 e. The minimum atomic E-state index is -0.211. The van der Waals surface area contributed by atoms with Crippen LogP contribution in [0.5, 0.6) is 17.4 Å². The van der Waals surface area contributed by atoms with Gasteiger partial charge in [0.05, 0.1) is 5.56 Å². The summed E-state index contributed by atoms with van der Waals surface area (Å²) in [6.45, 7) is 0.573. The number of nitrogens with zero attached hydrogens (tertiary/aromatic N) is 2. The molecule has 2 aromatic carbocycles. The lowest BCUT2D eigenvalue weighted by Gasteiger charge is -2.28. The summed E-state index contributed by atoms with van der Waals surface area (Å²) in [4.78, 5) is 4.39. The van der Waals surface area contributed by atoms with E-state index < -0.39 is 0 Å². The van der Waals surface area contributed by atoms with Crippen LogP contribution < -0.4 is 10.2 Å². The summed E-state index contributed by atoms with van der Waals surface area (Å²) in [6.07, 6.45) is 2.12. The second-order valence-electron chi connectivity index (χ2n) is 6.25. The van der Waals surface area contributed by atoms with Crippen LogP contribution in [0.15, 0.2) is 54.9 Å². The molecule has 3 aromatic rings. The highest BCUT2D eigenvalue weighted by molar-refractivity contribution is 5.57. The molecule has 26 heavy (non-hydrogen) atoms. The predicted octanol–water partition coefficient (Wildman–Crippen LogP) is 2.74. The molecule has 0 fully saturated rings. The van der Waals surface area contributed by atoms with Gasteiger partial charge in [0.25, 0.3) is 0 Å². The van der Waals surface area contributed by atoms with Gasteiger partial charge >= 0.3 is 0 Å². The highest BCUT2D eigenvalue weighted by atomic mass is 16.5. The summed E-state index contributed by atoms with van der Waals surface area (Å²) in [5.41, 5.74) is 2.92. The SMILES string of the molecule is N=c1c2c(ncn1CCCO)Oc1cc(O)ccc1[C@@H]2c1ccccc1. The van der Waals surface area contributed by atoms with Gasteiger partial charge in [-0.25, -0.2) is 4.98 Å². The number of aliphatic hydroxyl groups excluding tert-OH is 1. The van der Waals surface area contributed by atoms with E-state index in [4.69, 9.17) is 15.3 Å². The van der Waals surface area contributed by atoms with Crippen molar-refractivity contribution in [2.24, 2.45) is 0 Å². The molecule has 1 atom stereocenters. The Bertz CT molecular complexity index is 999. The van der Waals surface area contributed by atoms with E-state index in [0.29, 0.717) is 35.6 Å². The molecule has 2 heterocycles. The summed E-state index contributed by atoms with van der Waals surface area (Å²) < 4.78 is 7.62. The van der Waals surface area contributed by atoms with Gasteiger partial charge in [-0.3, -0.25) is 5.41 Å². The van der Waals surface area contributed by atoms with Gasteiger partial charge in [0, 0.05) is 30.7 Å². The van der Waals surface area contributed by atoms with Crippen molar-refractivity contribution in [2.75, 3.05) is 6.61 Å². The lowest BCUT2D eigenvalue weighted by molar-refractivity contribution is 0.278. The van der Waals surface area contributed by atoms with E-state index in [1.807, 2.05) is 36.4 Å². The number of aromatic nitrogens is 2. The molecule has 0 saturated heterocycles. The van der Waals surface area contributed by atoms with Gasteiger partial charge in [0.2, 0.25) is 5.88 Å². The summed E-state index contributed by atoms with van der Waals surface area (Å²) >= 11 is 0. The van der Waals surface area contributed by atoms with Crippen molar-refractivity contribution in [3.05, 3.63) is 77.0 Å². The van der Waals surface area contributed by atoms with Crippen LogP contribution in [0, 0.1) is 5.41 Å². The van der Waals surface area contributed by atoms with Gasteiger partial charge in [-0.05, 0) is 18.1 Å². The molecule has 0 unspecified atom stereocenters. The van der Waals surface area contributed by atoms with E-state index in [9.17, 15) is 5.11 Å². The molecule has 1 aliphatic rings. The molecule has 6 heteroatoms. The predicted molar refractivity (Wildman–Crippen MR) is 95.4 cm³/mol. The molecule has 6 nitrogen and oxygen atoms in total. The van der Waals surface area contributed by atoms with Crippen molar-refractivity contribution in [3.8, 4) is 17.4 Å². The fourth-order valence-electron chi connectivity index (χ4n) is 3.36. The van der Waals surface area contributed by atoms with Crippen LogP contribution in [0.4, 0.5) is 0 Å². The van der Waals surface area contributed by atoms with Crippen molar-refractivity contribution in [3.63, 3.8) is 0 Å². The fourth-order valence-corrected chi connectivity index (χ4v) is 3.36. The topological polar surface area (TPSA) is 91.4 Å². The molecule has 132 valence electrons. The van der Waals surface area contributed by atoms with E-state index in [1.54, 1.807) is 23.0 Å². The van der Waals surface area contributed by atoms with Crippen LogP contribution >= 0.6 is 0 Å². The number of ether oxygens (including phenoxy) is 1. The minimum Gasteiger partial charge on any atom is -0.508 e. The molecule has 1 aliphatic heterocycles. The zero-order valence-corrected chi connectivity index (χ0v) is 14.1. The van der Waals surface area contributed by atoms with E-state index in [2.05, 4.69) is 4.98 Å². The zero-order valence-electron chi connectivity index (χ0n) is 14.1. The standard InChI is InChI=1S/C20H19N3O3/c21-19-18-17(13-5-2-1-3-6-13)15-8-7-14(25)11-16(15)26-20(18)22-12-23(19)9-4-10-24/h1-3,5-8,11-12,17,21,24-25H,4,9-10H2/t17-/m0/s1. The first-order valence-corrected chi connectivity index (χ1v) is 8.49. The molecule has 0 bridgehead atoms. The normalized spacial score (nSPS) is 15.0. The van der Waals surface area contributed by atoms with Crippen LogP contribution in [-0.4, -0.2) is 26.4 Å². The van der Waals surface area contributed by atoms with Crippen LogP contribution in [0.25, 0.3) is 0 Å². The van der Waals surface area contributed by atoms with Gasteiger partial charge in [0.15, 0.2) is 0 Å². The van der Waals surface area contributed by atoms with Crippen molar-refractivity contribution in [2.45, 2.75) is 18.9 Å². The highest BCUT2D eigenvalue weighted by Gasteiger charge is 2.32. The van der Waals surface area contributed by atoms with E-state index in [0.717, 1.165) is 11.1 Å². The van der Waals surface area contributed by atoms with Crippen LogP contribution in [0.2, 0.25) is 0 Å². The van der Waals surface area contributed by atoms with Crippen molar-refractivity contribution < 1.29 is 14.9 Å². The number of hydrogen-bond acceptors (Lipinski definition) is 5. The maximum atomic E-state index is 9.82. The molecule has 0 radical (unpaired) electrons. The van der Waals surface area contributed by atoms with Gasteiger partial charge < -0.3 is 19.5 Å². The third kappa shape index (κ3) is 2.74. The lowest BCUT2D eigenvalue weighted by atomic mass is 9.84. The minimum absolute atomic E-state index is 0.0598. The highest BCUT2D eigenvalue weighted by Crippen LogP contribution is 2.45. The van der Waals surface area contributed by atoms with Crippen LogP contribution in [0.1, 0.15) is 29.0 Å². The number of aromatic hydroxyl groups is 1. The third-order valence-electron chi connectivity index (χ3n) is 4.58. The number of fused-ring (bicyclic) bond motifs is 2. The third-order valence-corrected chi connectivity index (χ3v) is 4.58. The van der Waals surface area contributed by atoms with Gasteiger partial charge in [-0.15, -0.1) is 0 Å². The van der Waals surface area contributed by atoms with Gasteiger partial charge in [-0.2, -0.15) is 0 Å². The first-order valence-electron chi connectivity index (χ1n) is 8.49. The van der Waals surface area contributed by atoms with Crippen LogP contribution in [-0.2, 0) is 6.54 Å². The molecular weight excluding hydrogens is 330 g/mol. The number of aliphatic hydroxyl groups is 1. The monoisotopic (exact) mass is 349 g/mol. The second-order valence-corrected chi connectivity index (χ2v) is 6.25. The Hall–Kier alpha value is -3.12. The number of phenols is 1. The van der Waals surface area contributed by atoms with E-state index >= 15 is 0 Å². The number of hydrogen-bond donors (Lipinski definition) is 3. The molecule has 0 saturated carbocycles. The molecule has 4 rings (SSSR count). The van der Waals surface area contributed by atoms with Gasteiger partial charge in [-0.1, -0.05) is 36.4 Å². The molecule has 0 aliphatic carbocycles. The van der Waals surface area contributed by atoms with Crippen molar-refractivity contribution >= 4 is 0 Å². The number of aryl methyl sites for hydroxylation is 1. The first-order chi connectivity index (χ1) is 12.7. The molecule has 0 amide bonds. The second kappa shape index (κ2) is 6.65. The van der Waals surface area contributed by atoms with Crippen LogP contribution in [0.3, 0.4) is 0 Å². The summed E-state index contributed by atoms with van der Waals surface area (Å²) in [5, 5.41) is 27.6. The summed E-state index contributed by atoms with van der Waals surface area (Å²) in [5.74, 6) is 0.838. The van der Waals surface area contributed by atoms with E-state index in [-0.39, 0.29) is 18.3 Å². The Labute approximate surface area is 150 Å². The summed E-state index contributed by atoms with van der Waals surface area (Å²) in [7, 11) is 0. The number of phenolic OH excluding ortho intramolecular Hbond substituents is 1. The average Bonchev–Trinajstić information content (AvgIpc) is 2.66. The molecule has 3 N–H and O–H groups in total. The maximum Gasteiger partial charge on any atom is 0.228 e. The number of nitrogens with one attached hydrogen (secondary N) is 1. The number of benzene rings is 2. The Morgan fingerprint density at radius 2 is 1.96 bits per heavy atom. The molecule has 1 aromatic heterocycles. The first kappa shape index (κ1) is 16.4. The number of rotatable bonds is 4. The Balaban J connectivity index is 1.94. The Morgan fingerprint density at radius 3 is 2.73 bits per heavy atom.